The number of benzene rings is 8. The van der Waals surface area contributed by atoms with Crippen LogP contribution < -0.4 is 19.3 Å². The molecule has 282 valence electrons. The van der Waals surface area contributed by atoms with E-state index in [1.165, 1.54) is 33.0 Å². The predicted octanol–water partition coefficient (Wildman–Crippen LogP) is 15.1. The molecule has 0 saturated heterocycles. The van der Waals surface area contributed by atoms with Gasteiger partial charge in [-0.15, -0.1) is 0 Å². The van der Waals surface area contributed by atoms with Crippen LogP contribution in [0.4, 0.5) is 34.1 Å². The van der Waals surface area contributed by atoms with Gasteiger partial charge in [0.05, 0.1) is 24.6 Å². The molecule has 0 N–H and O–H groups in total. The minimum absolute atomic E-state index is 0.653. The summed E-state index contributed by atoms with van der Waals surface area (Å²) < 4.78 is 13.6. The van der Waals surface area contributed by atoms with E-state index < -0.39 is 0 Å². The summed E-state index contributed by atoms with van der Waals surface area (Å²) in [6, 6.07) is 49.1. The van der Waals surface area contributed by atoms with Crippen LogP contribution in [0.25, 0.3) is 32.3 Å². The molecule has 8 rings (SSSR count). The normalized spacial score (nSPS) is 11.5. The van der Waals surface area contributed by atoms with Crippen molar-refractivity contribution in [3.8, 4) is 11.5 Å². The van der Waals surface area contributed by atoms with Gasteiger partial charge in [-0.3, -0.25) is 0 Å². The van der Waals surface area contributed by atoms with Crippen LogP contribution in [0.1, 0.15) is 61.8 Å². The minimum Gasteiger partial charge on any atom is -0.493 e. The van der Waals surface area contributed by atoms with E-state index in [9.17, 15) is 0 Å². The standard InChI is InChI=1S/C52H52N2O2/c1-7-9-31-55-49-33-47(53(39-19-11-35(3)12-20-39)40-21-13-36(4)14-22-40)43-28-30-46-50(56-32-10-8-2)34-48(44-27-29-45(49)51(43)52(44)46)54(41-23-15-37(5)16-24-41)42-25-17-38(6)18-26-42/h11-30,33-34H,7-10,31-32H2,1-6H3. The van der Waals surface area contributed by atoms with Gasteiger partial charge in [-0.1, -0.05) is 110 Å². The third-order valence-electron chi connectivity index (χ3n) is 10.9. The van der Waals surface area contributed by atoms with Gasteiger partial charge in [-0.25, -0.2) is 0 Å². The van der Waals surface area contributed by atoms with Crippen molar-refractivity contribution < 1.29 is 9.47 Å². The van der Waals surface area contributed by atoms with Crippen LogP contribution in [0, 0.1) is 27.7 Å². The Balaban J connectivity index is 1.48. The molecule has 0 aliphatic rings. The predicted molar refractivity (Wildman–Crippen MR) is 239 cm³/mol. The summed E-state index contributed by atoms with van der Waals surface area (Å²) in [5.41, 5.74) is 11.5. The molecule has 0 saturated carbocycles. The van der Waals surface area contributed by atoms with Crippen LogP contribution in [-0.4, -0.2) is 13.2 Å². The van der Waals surface area contributed by atoms with E-state index in [-0.39, 0.29) is 0 Å². The third kappa shape index (κ3) is 7.12. The van der Waals surface area contributed by atoms with Crippen molar-refractivity contribution in [1.82, 2.24) is 0 Å². The maximum atomic E-state index is 6.78. The Morgan fingerprint density at radius 2 is 0.661 bits per heavy atom. The number of ether oxygens (including phenoxy) is 2. The number of anilines is 6. The van der Waals surface area contributed by atoms with Crippen LogP contribution in [0.3, 0.4) is 0 Å². The van der Waals surface area contributed by atoms with Crippen molar-refractivity contribution in [2.45, 2.75) is 67.2 Å². The maximum absolute atomic E-state index is 6.78. The van der Waals surface area contributed by atoms with Crippen LogP contribution in [-0.2, 0) is 0 Å². The highest BCUT2D eigenvalue weighted by molar-refractivity contribution is 6.30. The molecule has 4 heteroatoms. The highest BCUT2D eigenvalue weighted by Gasteiger charge is 2.26. The van der Waals surface area contributed by atoms with Crippen molar-refractivity contribution in [2.24, 2.45) is 0 Å². The Labute approximate surface area is 332 Å². The number of hydrogen-bond acceptors (Lipinski definition) is 4. The SMILES string of the molecule is CCCCOc1cc(N(c2ccc(C)cc2)c2ccc(C)cc2)c2ccc3c(OCCCC)cc(N(c4ccc(C)cc4)c4ccc(C)cc4)c4ccc1c2c34. The van der Waals surface area contributed by atoms with Gasteiger partial charge in [0.25, 0.3) is 0 Å². The zero-order valence-corrected chi connectivity index (χ0v) is 33.7. The first-order valence-corrected chi connectivity index (χ1v) is 20.3. The second-order valence-corrected chi connectivity index (χ2v) is 15.3. The lowest BCUT2D eigenvalue weighted by molar-refractivity contribution is 0.313. The molecule has 0 heterocycles. The van der Waals surface area contributed by atoms with E-state index >= 15 is 0 Å². The minimum atomic E-state index is 0.653. The molecule has 8 aromatic carbocycles. The summed E-state index contributed by atoms with van der Waals surface area (Å²) >= 11 is 0. The fraction of sp³-hybridized carbons (Fsp3) is 0.231. The van der Waals surface area contributed by atoms with Crippen molar-refractivity contribution in [1.29, 1.82) is 0 Å². The summed E-state index contributed by atoms with van der Waals surface area (Å²) in [7, 11) is 0. The number of unbranched alkanes of at least 4 members (excludes halogenated alkanes) is 2. The fourth-order valence-electron chi connectivity index (χ4n) is 7.78. The van der Waals surface area contributed by atoms with Crippen LogP contribution in [0.2, 0.25) is 0 Å². The Hall–Kier alpha value is -6.00. The molecule has 4 nitrogen and oxygen atoms in total. The average molecular weight is 737 g/mol. The molecule has 0 aromatic heterocycles. The Morgan fingerprint density at radius 1 is 0.375 bits per heavy atom. The zero-order valence-electron chi connectivity index (χ0n) is 33.7. The van der Waals surface area contributed by atoms with Crippen molar-refractivity contribution in [3.05, 3.63) is 156 Å². The van der Waals surface area contributed by atoms with Gasteiger partial charge in [0.1, 0.15) is 11.5 Å². The highest BCUT2D eigenvalue weighted by Crippen LogP contribution is 2.52. The summed E-state index contributed by atoms with van der Waals surface area (Å²) in [5.74, 6) is 1.79. The van der Waals surface area contributed by atoms with Crippen molar-refractivity contribution in [3.63, 3.8) is 0 Å². The topological polar surface area (TPSA) is 24.9 Å². The zero-order chi connectivity index (χ0) is 38.8. The van der Waals surface area contributed by atoms with E-state index in [1.54, 1.807) is 0 Å². The molecule has 56 heavy (non-hydrogen) atoms. The summed E-state index contributed by atoms with van der Waals surface area (Å²) in [4.78, 5) is 4.78. The average Bonchev–Trinajstić information content (AvgIpc) is 3.21. The largest absolute Gasteiger partial charge is 0.493 e. The third-order valence-corrected chi connectivity index (χ3v) is 10.9. The first kappa shape index (κ1) is 36.9. The molecule has 0 unspecified atom stereocenters. The number of hydrogen-bond donors (Lipinski definition) is 0. The number of rotatable bonds is 14. The van der Waals surface area contributed by atoms with Crippen LogP contribution >= 0.6 is 0 Å². The fourth-order valence-corrected chi connectivity index (χ4v) is 7.78. The first-order chi connectivity index (χ1) is 27.3. The monoisotopic (exact) mass is 736 g/mol. The molecule has 0 aliphatic carbocycles. The molecule has 0 fully saturated rings. The second-order valence-electron chi connectivity index (χ2n) is 15.3. The van der Waals surface area contributed by atoms with Crippen molar-refractivity contribution >= 4 is 66.4 Å². The Bertz CT molecular complexity index is 2300. The quantitative estimate of drug-likeness (QED) is 0.0820. The second kappa shape index (κ2) is 16.0. The van der Waals surface area contributed by atoms with Gasteiger partial charge in [-0.2, -0.15) is 0 Å². The van der Waals surface area contributed by atoms with E-state index in [0.717, 1.165) is 92.9 Å². The molecule has 0 spiro atoms. The van der Waals surface area contributed by atoms with Gasteiger partial charge < -0.3 is 19.3 Å². The smallest absolute Gasteiger partial charge is 0.129 e. The lowest BCUT2D eigenvalue weighted by atomic mass is 9.90. The van der Waals surface area contributed by atoms with E-state index in [0.29, 0.717) is 13.2 Å². The van der Waals surface area contributed by atoms with E-state index in [4.69, 9.17) is 9.47 Å². The molecule has 0 bridgehead atoms. The lowest BCUT2D eigenvalue weighted by Gasteiger charge is -2.31. The van der Waals surface area contributed by atoms with Gasteiger partial charge in [0, 0.05) is 67.2 Å². The molecule has 0 amide bonds. The number of aryl methyl sites for hydroxylation is 4. The van der Waals surface area contributed by atoms with E-state index in [2.05, 4.69) is 185 Å². The van der Waals surface area contributed by atoms with Gasteiger partial charge in [-0.05, 0) is 101 Å². The molecule has 0 atom stereocenters. The van der Waals surface area contributed by atoms with E-state index in [1.807, 2.05) is 0 Å². The molecular weight excluding hydrogens is 685 g/mol. The first-order valence-electron chi connectivity index (χ1n) is 20.3. The molecule has 0 aliphatic heterocycles. The van der Waals surface area contributed by atoms with Gasteiger partial charge >= 0.3 is 0 Å². The van der Waals surface area contributed by atoms with Crippen molar-refractivity contribution in [2.75, 3.05) is 23.0 Å². The molecular formula is C52H52N2O2. The van der Waals surface area contributed by atoms with Gasteiger partial charge in [0.15, 0.2) is 0 Å². The lowest BCUT2D eigenvalue weighted by Crippen LogP contribution is -2.12. The number of nitrogens with zero attached hydrogens (tertiary/aromatic N) is 2. The highest BCUT2D eigenvalue weighted by atomic mass is 16.5. The van der Waals surface area contributed by atoms with Crippen LogP contribution in [0.5, 0.6) is 11.5 Å². The maximum Gasteiger partial charge on any atom is 0.129 e. The van der Waals surface area contributed by atoms with Gasteiger partial charge in [0.2, 0.25) is 0 Å². The summed E-state index contributed by atoms with van der Waals surface area (Å²) in [6.07, 6.45) is 4.09. The van der Waals surface area contributed by atoms with Crippen LogP contribution in [0.15, 0.2) is 133 Å². The molecule has 8 aromatic rings. The Morgan fingerprint density at radius 3 is 0.946 bits per heavy atom. The molecule has 0 radical (unpaired) electrons. The Kier molecular flexibility index (Phi) is 10.6. The summed E-state index contributed by atoms with van der Waals surface area (Å²) in [6.45, 7) is 14.3. The summed E-state index contributed by atoms with van der Waals surface area (Å²) in [5, 5.41) is 6.91.